The predicted octanol–water partition coefficient (Wildman–Crippen LogP) is 3.98. The summed E-state index contributed by atoms with van der Waals surface area (Å²) in [6, 6.07) is 0. The third kappa shape index (κ3) is 2.95. The molecule has 2 saturated heterocycles. The molecule has 0 aromatic rings. The van der Waals surface area contributed by atoms with Gasteiger partial charge in [-0.3, -0.25) is 0 Å². The minimum absolute atomic E-state index is 0.0559. The van der Waals surface area contributed by atoms with Gasteiger partial charge in [-0.15, -0.1) is 0 Å². The lowest BCUT2D eigenvalue weighted by molar-refractivity contribution is -0.397. The van der Waals surface area contributed by atoms with Crippen molar-refractivity contribution < 1.29 is 18.9 Å². The first kappa shape index (κ1) is 18.2. The molecular weight excluding hydrogens is 280 g/mol. The van der Waals surface area contributed by atoms with Crippen molar-refractivity contribution in [2.24, 2.45) is 16.2 Å². The molecule has 130 valence electrons. The minimum Gasteiger partial charge on any atom is -0.349 e. The molecule has 2 heterocycles. The number of hydrogen-bond donors (Lipinski definition) is 0. The van der Waals surface area contributed by atoms with E-state index in [1.54, 1.807) is 0 Å². The van der Waals surface area contributed by atoms with Gasteiger partial charge in [0, 0.05) is 10.8 Å². The van der Waals surface area contributed by atoms with Crippen LogP contribution in [0, 0.1) is 16.2 Å². The molecule has 0 radical (unpaired) electrons. The van der Waals surface area contributed by atoms with Crippen LogP contribution in [0.4, 0.5) is 0 Å². The number of rotatable bonds is 1. The van der Waals surface area contributed by atoms with Gasteiger partial charge in [-0.2, -0.15) is 0 Å². The first-order valence-corrected chi connectivity index (χ1v) is 8.45. The molecule has 0 aromatic carbocycles. The van der Waals surface area contributed by atoms with E-state index in [2.05, 4.69) is 48.5 Å². The van der Waals surface area contributed by atoms with Crippen LogP contribution in [0.25, 0.3) is 0 Å². The van der Waals surface area contributed by atoms with Gasteiger partial charge >= 0.3 is 0 Å². The number of ether oxygens (including phenoxy) is 4. The maximum Gasteiger partial charge on any atom is 0.172 e. The zero-order chi connectivity index (χ0) is 16.9. The van der Waals surface area contributed by atoms with Crippen LogP contribution in [-0.2, 0) is 18.9 Å². The lowest BCUT2D eigenvalue weighted by Gasteiger charge is -2.55. The summed E-state index contributed by atoms with van der Waals surface area (Å²) in [4.78, 5) is 0. The van der Waals surface area contributed by atoms with E-state index in [0.717, 1.165) is 6.42 Å². The molecule has 2 fully saturated rings. The smallest absolute Gasteiger partial charge is 0.172 e. The molecule has 0 bridgehead atoms. The third-order valence-corrected chi connectivity index (χ3v) is 5.50. The molecule has 2 aliphatic heterocycles. The van der Waals surface area contributed by atoms with Gasteiger partial charge in [0.1, 0.15) is 0 Å². The molecule has 0 N–H and O–H groups in total. The molecular formula is C18H34O4. The molecule has 22 heavy (non-hydrogen) atoms. The van der Waals surface area contributed by atoms with Crippen molar-refractivity contribution in [2.45, 2.75) is 73.4 Å². The monoisotopic (exact) mass is 314 g/mol. The highest BCUT2D eigenvalue weighted by Crippen LogP contribution is 2.47. The Morgan fingerprint density at radius 2 is 1.14 bits per heavy atom. The molecule has 0 aromatic heterocycles. The number of hydrogen-bond acceptors (Lipinski definition) is 4. The van der Waals surface area contributed by atoms with Crippen molar-refractivity contribution in [2.75, 3.05) is 26.4 Å². The molecule has 0 amide bonds. The van der Waals surface area contributed by atoms with Gasteiger partial charge < -0.3 is 18.9 Å². The third-order valence-electron chi connectivity index (χ3n) is 5.50. The summed E-state index contributed by atoms with van der Waals surface area (Å²) >= 11 is 0. The fourth-order valence-electron chi connectivity index (χ4n) is 3.05. The fraction of sp³-hybridized carbons (Fsp3) is 1.00. The quantitative estimate of drug-likeness (QED) is 0.733. The minimum atomic E-state index is -0.554. The molecule has 2 rings (SSSR count). The zero-order valence-electron chi connectivity index (χ0n) is 15.7. The van der Waals surface area contributed by atoms with Crippen LogP contribution in [0.15, 0.2) is 0 Å². The Bertz CT molecular complexity index is 384. The molecule has 1 spiro atoms. The summed E-state index contributed by atoms with van der Waals surface area (Å²) < 4.78 is 24.7. The van der Waals surface area contributed by atoms with Crippen LogP contribution in [0.5, 0.6) is 0 Å². The van der Waals surface area contributed by atoms with Crippen molar-refractivity contribution in [1.82, 2.24) is 0 Å². The largest absolute Gasteiger partial charge is 0.349 e. The Labute approximate surface area is 135 Å². The van der Waals surface area contributed by atoms with Crippen molar-refractivity contribution in [3.63, 3.8) is 0 Å². The summed E-state index contributed by atoms with van der Waals surface area (Å²) in [5, 5.41) is 0. The predicted molar refractivity (Wildman–Crippen MR) is 86.6 cm³/mol. The second kappa shape index (κ2) is 5.44. The summed E-state index contributed by atoms with van der Waals surface area (Å²) in [5.74, 6) is -1.06. The molecule has 4 heteroatoms. The summed E-state index contributed by atoms with van der Waals surface area (Å²) in [5.41, 5.74) is -0.308. The Balaban J connectivity index is 2.04. The van der Waals surface area contributed by atoms with E-state index in [-0.39, 0.29) is 16.2 Å². The van der Waals surface area contributed by atoms with Crippen LogP contribution in [0.3, 0.4) is 0 Å². The Morgan fingerprint density at radius 1 is 0.727 bits per heavy atom. The normalized spacial score (nSPS) is 40.9. The highest BCUT2D eigenvalue weighted by atomic mass is 16.7. The summed E-state index contributed by atoms with van der Waals surface area (Å²) in [7, 11) is 0. The Morgan fingerprint density at radius 3 is 1.45 bits per heavy atom. The second-order valence-electron chi connectivity index (χ2n) is 9.21. The van der Waals surface area contributed by atoms with Gasteiger partial charge in [0.05, 0.1) is 31.8 Å². The summed E-state index contributed by atoms with van der Waals surface area (Å²) in [6.07, 6.45) is 0.841. The van der Waals surface area contributed by atoms with E-state index in [9.17, 15) is 0 Å². The van der Waals surface area contributed by atoms with E-state index in [4.69, 9.17) is 18.9 Å². The average Bonchev–Trinajstić information content (AvgIpc) is 2.41. The van der Waals surface area contributed by atoms with Crippen molar-refractivity contribution >= 4 is 0 Å². The highest BCUT2D eigenvalue weighted by molar-refractivity contribution is 4.94. The highest BCUT2D eigenvalue weighted by Gasteiger charge is 2.54. The molecule has 4 nitrogen and oxygen atoms in total. The van der Waals surface area contributed by atoms with Gasteiger partial charge in [0.2, 0.25) is 0 Å². The van der Waals surface area contributed by atoms with Crippen molar-refractivity contribution in [3.05, 3.63) is 0 Å². The van der Waals surface area contributed by atoms with Gasteiger partial charge in [0.25, 0.3) is 0 Å². The fourth-order valence-corrected chi connectivity index (χ4v) is 3.05. The Kier molecular flexibility index (Phi) is 4.49. The van der Waals surface area contributed by atoms with Gasteiger partial charge in [-0.1, -0.05) is 48.5 Å². The molecule has 0 aliphatic carbocycles. The van der Waals surface area contributed by atoms with E-state index in [1.165, 1.54) is 0 Å². The van der Waals surface area contributed by atoms with Crippen molar-refractivity contribution in [1.29, 1.82) is 0 Å². The lowest BCUT2D eigenvalue weighted by Crippen LogP contribution is -2.62. The maximum atomic E-state index is 6.24. The van der Waals surface area contributed by atoms with Crippen molar-refractivity contribution in [3.8, 4) is 0 Å². The first-order chi connectivity index (χ1) is 9.89. The zero-order valence-corrected chi connectivity index (χ0v) is 15.7. The van der Waals surface area contributed by atoms with E-state index in [1.807, 2.05) is 6.92 Å². The topological polar surface area (TPSA) is 36.9 Å². The molecule has 0 atom stereocenters. The van der Waals surface area contributed by atoms with E-state index >= 15 is 0 Å². The average molecular weight is 314 g/mol. The first-order valence-electron chi connectivity index (χ1n) is 8.45. The standard InChI is InChI=1S/C18H34O4/c1-9-18(15(5,6)7)21-12-17(13-22-18)10-19-16(8,20-11-17)14(2,3)4/h9-13H2,1-8H3. The molecule has 2 aliphatic rings. The Hall–Kier alpha value is -0.160. The molecule has 0 unspecified atom stereocenters. The van der Waals surface area contributed by atoms with Gasteiger partial charge in [-0.25, -0.2) is 0 Å². The van der Waals surface area contributed by atoms with Gasteiger partial charge in [0.15, 0.2) is 11.6 Å². The van der Waals surface area contributed by atoms with Crippen LogP contribution in [-0.4, -0.2) is 38.0 Å². The molecule has 0 saturated carbocycles. The van der Waals surface area contributed by atoms with Crippen LogP contribution in [0.1, 0.15) is 61.8 Å². The lowest BCUT2D eigenvalue weighted by atomic mass is 9.80. The SMILES string of the molecule is CCC1(C(C)(C)C)OCC2(COC(C)(C(C)(C)C)OC2)CO1. The van der Waals surface area contributed by atoms with E-state index in [0.29, 0.717) is 26.4 Å². The van der Waals surface area contributed by atoms with E-state index < -0.39 is 11.6 Å². The van der Waals surface area contributed by atoms with Gasteiger partial charge in [-0.05, 0) is 13.3 Å². The maximum absolute atomic E-state index is 6.24. The summed E-state index contributed by atoms with van der Waals surface area (Å²) in [6.45, 7) is 19.5. The van der Waals surface area contributed by atoms with Crippen LogP contribution < -0.4 is 0 Å². The van der Waals surface area contributed by atoms with Crippen LogP contribution >= 0.6 is 0 Å². The van der Waals surface area contributed by atoms with Crippen LogP contribution in [0.2, 0.25) is 0 Å². The second-order valence-corrected chi connectivity index (χ2v) is 9.21.